The fraction of sp³-hybridized carbons (Fsp3) is 0.471. The van der Waals surface area contributed by atoms with Crippen LogP contribution in [0.1, 0.15) is 35.2 Å². The highest BCUT2D eigenvalue weighted by Crippen LogP contribution is 2.29. The second-order valence-electron chi connectivity index (χ2n) is 6.22. The van der Waals surface area contributed by atoms with E-state index in [0.29, 0.717) is 13.1 Å². The summed E-state index contributed by atoms with van der Waals surface area (Å²) in [5.41, 5.74) is 0. The lowest BCUT2D eigenvalue weighted by atomic mass is 9.98. The second-order valence-corrected chi connectivity index (χ2v) is 9.54. The van der Waals surface area contributed by atoms with E-state index in [1.54, 1.807) is 46.6 Å². The van der Waals surface area contributed by atoms with Crippen LogP contribution in [0.4, 0.5) is 0 Å². The van der Waals surface area contributed by atoms with E-state index in [2.05, 4.69) is 10.2 Å². The topological polar surface area (TPSA) is 80.2 Å². The first-order valence-corrected chi connectivity index (χ1v) is 10.8. The quantitative estimate of drug-likeness (QED) is 0.797. The lowest BCUT2D eigenvalue weighted by Gasteiger charge is -2.31. The van der Waals surface area contributed by atoms with Gasteiger partial charge in [0.05, 0.1) is 10.6 Å². The predicted molar refractivity (Wildman–Crippen MR) is 96.3 cm³/mol. The summed E-state index contributed by atoms with van der Waals surface area (Å²) in [4.78, 5) is 14.5. The van der Waals surface area contributed by atoms with E-state index in [4.69, 9.17) is 0 Å². The van der Waals surface area contributed by atoms with Gasteiger partial charge in [0.15, 0.2) is 9.84 Å². The van der Waals surface area contributed by atoms with Gasteiger partial charge in [-0.25, -0.2) is 8.42 Å². The Hall–Kier alpha value is -1.80. The van der Waals surface area contributed by atoms with E-state index >= 15 is 0 Å². The predicted octanol–water partition coefficient (Wildman–Crippen LogP) is 2.42. The molecule has 0 bridgehead atoms. The van der Waals surface area contributed by atoms with Crippen LogP contribution < -0.4 is 0 Å². The molecule has 1 saturated heterocycles. The van der Waals surface area contributed by atoms with Crippen molar-refractivity contribution in [3.05, 3.63) is 40.3 Å². The van der Waals surface area contributed by atoms with Crippen LogP contribution >= 0.6 is 11.3 Å². The Labute approximate surface area is 151 Å². The van der Waals surface area contributed by atoms with E-state index < -0.39 is 9.84 Å². The average Bonchev–Trinajstić information content (AvgIpc) is 3.07. The maximum atomic E-state index is 12.5. The molecule has 1 aliphatic rings. The number of carbonyl (C=O) groups is 1. The van der Waals surface area contributed by atoms with Crippen LogP contribution in [0, 0.1) is 6.92 Å². The van der Waals surface area contributed by atoms with Gasteiger partial charge in [0.25, 0.3) is 0 Å². The molecule has 0 spiro atoms. The Morgan fingerprint density at radius 3 is 2.72 bits per heavy atom. The van der Waals surface area contributed by atoms with Gasteiger partial charge < -0.3 is 4.90 Å². The zero-order valence-electron chi connectivity index (χ0n) is 14.1. The minimum absolute atomic E-state index is 0.0130. The molecule has 1 amide bonds. The van der Waals surface area contributed by atoms with Crippen LogP contribution in [0.2, 0.25) is 0 Å². The van der Waals surface area contributed by atoms with Gasteiger partial charge in [-0.3, -0.25) is 4.79 Å². The summed E-state index contributed by atoms with van der Waals surface area (Å²) in [6.45, 7) is 3.19. The smallest absolute Gasteiger partial charge is 0.223 e. The van der Waals surface area contributed by atoms with E-state index in [9.17, 15) is 13.2 Å². The van der Waals surface area contributed by atoms with Crippen molar-refractivity contribution in [2.75, 3.05) is 18.8 Å². The third kappa shape index (κ3) is 4.43. The maximum absolute atomic E-state index is 12.5. The number of hydrogen-bond acceptors (Lipinski definition) is 6. The lowest BCUT2D eigenvalue weighted by molar-refractivity contribution is -0.132. The molecule has 0 saturated carbocycles. The molecule has 1 aromatic carbocycles. The van der Waals surface area contributed by atoms with Crippen molar-refractivity contribution in [3.63, 3.8) is 0 Å². The van der Waals surface area contributed by atoms with Crippen LogP contribution in [0.5, 0.6) is 0 Å². The van der Waals surface area contributed by atoms with E-state index in [-0.39, 0.29) is 28.9 Å². The van der Waals surface area contributed by atoms with Crippen molar-refractivity contribution in [2.24, 2.45) is 0 Å². The number of rotatable bonds is 5. The molecule has 1 aliphatic heterocycles. The molecule has 2 aromatic rings. The van der Waals surface area contributed by atoms with Crippen molar-refractivity contribution >= 4 is 27.1 Å². The van der Waals surface area contributed by atoms with E-state index in [1.807, 2.05) is 6.92 Å². The number of hydrogen-bond donors (Lipinski definition) is 0. The van der Waals surface area contributed by atoms with Gasteiger partial charge in [-0.1, -0.05) is 18.2 Å². The number of sulfone groups is 1. The summed E-state index contributed by atoms with van der Waals surface area (Å²) in [6, 6.07) is 8.28. The fourth-order valence-corrected chi connectivity index (χ4v) is 5.08. The molecule has 25 heavy (non-hydrogen) atoms. The largest absolute Gasteiger partial charge is 0.342 e. The highest BCUT2D eigenvalue weighted by atomic mass is 32.2. The Balaban J connectivity index is 1.59. The van der Waals surface area contributed by atoms with Gasteiger partial charge in [-0.2, -0.15) is 0 Å². The summed E-state index contributed by atoms with van der Waals surface area (Å²) in [5, 5.41) is 10.1. The molecule has 0 aliphatic carbocycles. The molecule has 1 unspecified atom stereocenters. The molecule has 1 aromatic heterocycles. The Bertz CT molecular complexity index is 834. The van der Waals surface area contributed by atoms with Crippen LogP contribution in [0.15, 0.2) is 35.2 Å². The van der Waals surface area contributed by atoms with Crippen LogP contribution in [0.3, 0.4) is 0 Å². The monoisotopic (exact) mass is 379 g/mol. The zero-order chi connectivity index (χ0) is 17.9. The number of carbonyl (C=O) groups excluding carboxylic acids is 1. The number of benzene rings is 1. The molecule has 1 atom stereocenters. The minimum Gasteiger partial charge on any atom is -0.342 e. The third-order valence-electron chi connectivity index (χ3n) is 4.35. The third-order valence-corrected chi connectivity index (χ3v) is 7.09. The van der Waals surface area contributed by atoms with Crippen molar-refractivity contribution in [3.8, 4) is 0 Å². The molecule has 6 nitrogen and oxygen atoms in total. The Morgan fingerprint density at radius 1 is 1.28 bits per heavy atom. The van der Waals surface area contributed by atoms with Crippen LogP contribution in [-0.4, -0.2) is 48.3 Å². The van der Waals surface area contributed by atoms with Gasteiger partial charge in [0.1, 0.15) is 10.0 Å². The van der Waals surface area contributed by atoms with Crippen LogP contribution in [0.25, 0.3) is 0 Å². The molecule has 1 fully saturated rings. The summed E-state index contributed by atoms with van der Waals surface area (Å²) in [6.07, 6.45) is 1.90. The average molecular weight is 380 g/mol. The molecule has 2 heterocycles. The minimum atomic E-state index is -3.42. The number of nitrogens with zero attached hydrogens (tertiary/aromatic N) is 3. The number of amides is 1. The molecule has 0 radical (unpaired) electrons. The normalized spacial score (nSPS) is 18.3. The Morgan fingerprint density at radius 2 is 2.04 bits per heavy atom. The molecule has 3 rings (SSSR count). The van der Waals surface area contributed by atoms with Crippen molar-refractivity contribution in [2.45, 2.75) is 37.0 Å². The van der Waals surface area contributed by atoms with Crippen molar-refractivity contribution in [1.82, 2.24) is 15.1 Å². The number of piperidine rings is 1. The zero-order valence-corrected chi connectivity index (χ0v) is 15.7. The molecule has 0 N–H and O–H groups in total. The fourth-order valence-electron chi connectivity index (χ4n) is 3.01. The summed E-state index contributed by atoms with van der Waals surface area (Å²) >= 11 is 1.57. The first-order valence-electron chi connectivity index (χ1n) is 8.31. The van der Waals surface area contributed by atoms with Crippen molar-refractivity contribution < 1.29 is 13.2 Å². The highest BCUT2D eigenvalue weighted by molar-refractivity contribution is 7.91. The van der Waals surface area contributed by atoms with Crippen molar-refractivity contribution in [1.29, 1.82) is 0 Å². The summed E-state index contributed by atoms with van der Waals surface area (Å²) in [7, 11) is -3.42. The van der Waals surface area contributed by atoms with Gasteiger partial charge >= 0.3 is 0 Å². The van der Waals surface area contributed by atoms with Gasteiger partial charge in [-0.15, -0.1) is 21.5 Å². The highest BCUT2D eigenvalue weighted by Gasteiger charge is 2.27. The van der Waals surface area contributed by atoms with Gasteiger partial charge in [0, 0.05) is 25.4 Å². The summed E-state index contributed by atoms with van der Waals surface area (Å²) < 4.78 is 24.6. The first-order chi connectivity index (χ1) is 12.0. The number of aryl methyl sites for hydroxylation is 1. The van der Waals surface area contributed by atoms with Gasteiger partial charge in [-0.05, 0) is 31.9 Å². The SMILES string of the molecule is Cc1nnc(C2CCCN(C(=O)CCS(=O)(=O)c3ccccc3)C2)s1. The standard InChI is InChI=1S/C17H21N3O3S2/c1-13-18-19-17(24-13)14-6-5-10-20(12-14)16(21)9-11-25(22,23)15-7-3-2-4-8-15/h2-4,7-8,14H,5-6,9-12H2,1H3. The van der Waals surface area contributed by atoms with E-state index in [0.717, 1.165) is 22.9 Å². The summed E-state index contributed by atoms with van der Waals surface area (Å²) in [5.74, 6) is -0.0605. The Kier molecular flexibility index (Phi) is 5.48. The molecule has 134 valence electrons. The first kappa shape index (κ1) is 18.0. The second kappa shape index (κ2) is 7.61. The van der Waals surface area contributed by atoms with Gasteiger partial charge in [0.2, 0.25) is 5.91 Å². The molecule has 8 heteroatoms. The molecular formula is C17H21N3O3S2. The molecular weight excluding hydrogens is 358 g/mol. The van der Waals surface area contributed by atoms with E-state index in [1.165, 1.54) is 0 Å². The van der Waals surface area contributed by atoms with Crippen LogP contribution in [-0.2, 0) is 14.6 Å². The maximum Gasteiger partial charge on any atom is 0.223 e. The lowest BCUT2D eigenvalue weighted by Crippen LogP contribution is -2.39. The number of aromatic nitrogens is 2. The number of likely N-dealkylation sites (tertiary alicyclic amines) is 1.